The van der Waals surface area contributed by atoms with Gasteiger partial charge in [-0.1, -0.05) is 36.4 Å². The Morgan fingerprint density at radius 1 is 1.16 bits per heavy atom. The predicted octanol–water partition coefficient (Wildman–Crippen LogP) is 2.56. The molecule has 0 radical (unpaired) electrons. The van der Waals surface area contributed by atoms with Crippen LogP contribution in [0.2, 0.25) is 0 Å². The van der Waals surface area contributed by atoms with Crippen molar-refractivity contribution < 1.29 is 14.3 Å². The van der Waals surface area contributed by atoms with E-state index in [0.717, 1.165) is 5.56 Å². The van der Waals surface area contributed by atoms with E-state index >= 15 is 0 Å². The minimum Gasteiger partial charge on any atom is -0.493 e. The first-order valence-corrected chi connectivity index (χ1v) is 5.90. The van der Waals surface area contributed by atoms with Gasteiger partial charge in [0.15, 0.2) is 11.5 Å². The van der Waals surface area contributed by atoms with Crippen LogP contribution in [-0.2, 0) is 14.3 Å². The van der Waals surface area contributed by atoms with E-state index in [9.17, 15) is 9.59 Å². The van der Waals surface area contributed by atoms with Gasteiger partial charge < -0.3 is 4.74 Å². The third kappa shape index (κ3) is 2.55. The molecule has 0 aromatic heterocycles. The Morgan fingerprint density at radius 2 is 1.84 bits per heavy atom. The van der Waals surface area contributed by atoms with E-state index in [4.69, 9.17) is 4.74 Å². The number of ketones is 2. The molecule has 1 atom stereocenters. The van der Waals surface area contributed by atoms with E-state index in [0.29, 0.717) is 5.57 Å². The Balaban J connectivity index is 2.42. The monoisotopic (exact) mass is 254 g/mol. The number of rotatable bonds is 4. The molecule has 1 aliphatic carbocycles. The molecule has 0 fully saturated rings. The summed E-state index contributed by atoms with van der Waals surface area (Å²) >= 11 is 0. The molecule has 0 aliphatic heterocycles. The third-order valence-corrected chi connectivity index (χ3v) is 3.01. The SMILES string of the molecule is C=C[C@@H](C1=CC(=O)C=C(OC)C1=O)c1ccccc1. The normalized spacial score (nSPS) is 16.5. The van der Waals surface area contributed by atoms with Crippen LogP contribution in [0.15, 0.2) is 66.5 Å². The summed E-state index contributed by atoms with van der Waals surface area (Å²) in [7, 11) is 1.38. The van der Waals surface area contributed by atoms with Crippen LogP contribution in [0.1, 0.15) is 11.5 Å². The van der Waals surface area contributed by atoms with Crippen molar-refractivity contribution in [3.8, 4) is 0 Å². The fourth-order valence-electron chi connectivity index (χ4n) is 2.08. The van der Waals surface area contributed by atoms with Gasteiger partial charge in [-0.3, -0.25) is 9.59 Å². The van der Waals surface area contributed by atoms with E-state index in [1.165, 1.54) is 19.3 Å². The van der Waals surface area contributed by atoms with Crippen LogP contribution in [0, 0.1) is 0 Å². The molecule has 1 aliphatic rings. The van der Waals surface area contributed by atoms with E-state index in [1.807, 2.05) is 30.3 Å². The lowest BCUT2D eigenvalue weighted by Crippen LogP contribution is -2.19. The molecule has 0 bridgehead atoms. The maximum absolute atomic E-state index is 12.2. The number of carbonyl (C=O) groups excluding carboxylic acids is 2. The molecule has 3 heteroatoms. The molecular formula is C16H14O3. The lowest BCUT2D eigenvalue weighted by molar-refractivity contribution is -0.117. The van der Waals surface area contributed by atoms with Crippen molar-refractivity contribution in [3.63, 3.8) is 0 Å². The summed E-state index contributed by atoms with van der Waals surface area (Å²) in [5.74, 6) is -0.744. The van der Waals surface area contributed by atoms with Gasteiger partial charge in [-0.05, 0) is 11.6 Å². The number of ether oxygens (including phenoxy) is 1. The maximum Gasteiger partial charge on any atom is 0.224 e. The fourth-order valence-corrected chi connectivity index (χ4v) is 2.08. The molecule has 19 heavy (non-hydrogen) atoms. The molecular weight excluding hydrogens is 240 g/mol. The zero-order chi connectivity index (χ0) is 13.8. The second-order valence-electron chi connectivity index (χ2n) is 4.17. The molecule has 0 spiro atoms. The molecule has 2 rings (SSSR count). The molecule has 0 saturated carbocycles. The van der Waals surface area contributed by atoms with Gasteiger partial charge in [0.2, 0.25) is 5.78 Å². The van der Waals surface area contributed by atoms with Crippen molar-refractivity contribution in [2.45, 2.75) is 5.92 Å². The van der Waals surface area contributed by atoms with Crippen LogP contribution in [0.5, 0.6) is 0 Å². The van der Waals surface area contributed by atoms with Gasteiger partial charge in [0.05, 0.1) is 7.11 Å². The third-order valence-electron chi connectivity index (χ3n) is 3.01. The van der Waals surface area contributed by atoms with Crippen molar-refractivity contribution in [1.82, 2.24) is 0 Å². The maximum atomic E-state index is 12.2. The van der Waals surface area contributed by atoms with E-state index < -0.39 is 0 Å². The van der Waals surface area contributed by atoms with E-state index in [-0.39, 0.29) is 23.2 Å². The minimum absolute atomic E-state index is 0.0743. The topological polar surface area (TPSA) is 43.4 Å². The van der Waals surface area contributed by atoms with Crippen LogP contribution < -0.4 is 0 Å². The minimum atomic E-state index is -0.309. The number of methoxy groups -OCH3 is 1. The molecule has 3 nitrogen and oxygen atoms in total. The average Bonchev–Trinajstić information content (AvgIpc) is 2.44. The highest BCUT2D eigenvalue weighted by Crippen LogP contribution is 2.30. The predicted molar refractivity (Wildman–Crippen MR) is 72.6 cm³/mol. The zero-order valence-corrected chi connectivity index (χ0v) is 10.6. The van der Waals surface area contributed by atoms with Gasteiger partial charge in [-0.25, -0.2) is 0 Å². The first-order chi connectivity index (χ1) is 9.17. The van der Waals surface area contributed by atoms with Crippen molar-refractivity contribution in [2.24, 2.45) is 0 Å². The number of hydrogen-bond donors (Lipinski definition) is 0. The quantitative estimate of drug-likeness (QED) is 0.612. The van der Waals surface area contributed by atoms with E-state index in [1.54, 1.807) is 6.08 Å². The van der Waals surface area contributed by atoms with Crippen LogP contribution in [0.25, 0.3) is 0 Å². The van der Waals surface area contributed by atoms with Gasteiger partial charge in [0, 0.05) is 17.6 Å². The van der Waals surface area contributed by atoms with Crippen LogP contribution in [0.3, 0.4) is 0 Å². The molecule has 1 aromatic rings. The van der Waals surface area contributed by atoms with Gasteiger partial charge >= 0.3 is 0 Å². The lowest BCUT2D eigenvalue weighted by atomic mass is 9.85. The molecule has 0 unspecified atom stereocenters. The Kier molecular flexibility index (Phi) is 3.76. The summed E-state index contributed by atoms with van der Waals surface area (Å²) < 4.78 is 4.95. The highest BCUT2D eigenvalue weighted by Gasteiger charge is 2.27. The summed E-state index contributed by atoms with van der Waals surface area (Å²) in [5, 5.41) is 0. The van der Waals surface area contributed by atoms with Crippen molar-refractivity contribution in [1.29, 1.82) is 0 Å². The molecule has 0 amide bonds. The average molecular weight is 254 g/mol. The van der Waals surface area contributed by atoms with Gasteiger partial charge in [0.25, 0.3) is 0 Å². The Morgan fingerprint density at radius 3 is 2.42 bits per heavy atom. The second-order valence-corrected chi connectivity index (χ2v) is 4.17. The lowest BCUT2D eigenvalue weighted by Gasteiger charge is -2.19. The summed E-state index contributed by atoms with van der Waals surface area (Å²) in [6, 6.07) is 9.46. The Bertz CT molecular complexity index is 579. The van der Waals surface area contributed by atoms with Crippen LogP contribution in [-0.4, -0.2) is 18.7 Å². The molecule has 0 heterocycles. The number of allylic oxidation sites excluding steroid dienone is 4. The van der Waals surface area contributed by atoms with Gasteiger partial charge in [0.1, 0.15) is 0 Å². The summed E-state index contributed by atoms with van der Waals surface area (Å²) in [6.45, 7) is 3.76. The molecule has 1 aromatic carbocycles. The first kappa shape index (κ1) is 13.0. The standard InChI is InChI=1S/C16H14O3/c1-3-13(11-7-5-4-6-8-11)14-9-12(17)10-15(19-2)16(14)18/h3-10,13H,1H2,2H3/t13-/m1/s1. The van der Waals surface area contributed by atoms with Gasteiger partial charge in [-0.2, -0.15) is 0 Å². The number of hydrogen-bond acceptors (Lipinski definition) is 3. The fraction of sp³-hybridized carbons (Fsp3) is 0.125. The number of Topliss-reactive ketones (excluding diaryl/α,β-unsaturated/α-hetero) is 1. The smallest absolute Gasteiger partial charge is 0.224 e. The molecule has 96 valence electrons. The van der Waals surface area contributed by atoms with Gasteiger partial charge in [-0.15, -0.1) is 6.58 Å². The Labute approximate surface area is 111 Å². The summed E-state index contributed by atoms with van der Waals surface area (Å²) in [6.07, 6.45) is 4.21. The summed E-state index contributed by atoms with van der Waals surface area (Å²) in [5.41, 5.74) is 1.31. The largest absolute Gasteiger partial charge is 0.493 e. The van der Waals surface area contributed by atoms with E-state index in [2.05, 4.69) is 6.58 Å². The first-order valence-electron chi connectivity index (χ1n) is 5.90. The van der Waals surface area contributed by atoms with Crippen LogP contribution in [0.4, 0.5) is 0 Å². The second kappa shape index (κ2) is 5.48. The highest BCUT2D eigenvalue weighted by atomic mass is 16.5. The van der Waals surface area contributed by atoms with Crippen LogP contribution >= 0.6 is 0 Å². The zero-order valence-electron chi connectivity index (χ0n) is 10.6. The van der Waals surface area contributed by atoms with Crippen molar-refractivity contribution >= 4 is 11.6 Å². The van der Waals surface area contributed by atoms with Crippen molar-refractivity contribution in [3.05, 3.63) is 72.0 Å². The molecule has 0 N–H and O–H groups in total. The number of carbonyl (C=O) groups is 2. The molecule has 0 saturated heterocycles. The summed E-state index contributed by atoms with van der Waals surface area (Å²) in [4.78, 5) is 23.8. The van der Waals surface area contributed by atoms with Crippen molar-refractivity contribution in [2.75, 3.05) is 7.11 Å². The number of benzene rings is 1. The highest BCUT2D eigenvalue weighted by molar-refractivity contribution is 6.20. The Hall–Kier alpha value is -2.42.